The lowest BCUT2D eigenvalue weighted by Gasteiger charge is -2.20. The van der Waals surface area contributed by atoms with E-state index in [4.69, 9.17) is 25.1 Å². The third-order valence-corrected chi connectivity index (χ3v) is 4.99. The van der Waals surface area contributed by atoms with Gasteiger partial charge in [-0.15, -0.1) is 0 Å². The summed E-state index contributed by atoms with van der Waals surface area (Å²) in [4.78, 5) is 27.6. The van der Waals surface area contributed by atoms with Gasteiger partial charge in [0.15, 0.2) is 17.5 Å². The van der Waals surface area contributed by atoms with E-state index in [0.717, 1.165) is 18.2 Å². The molecule has 0 aromatic heterocycles. The number of anilines is 1. The molecule has 0 saturated heterocycles. The molecule has 0 spiro atoms. The second-order valence-electron chi connectivity index (χ2n) is 7.64. The van der Waals surface area contributed by atoms with E-state index in [1.165, 1.54) is 42.5 Å². The summed E-state index contributed by atoms with van der Waals surface area (Å²) in [7, 11) is 0. The number of hydrogen-bond acceptors (Lipinski definition) is 7. The number of nitrogens with one attached hydrogen (secondary N) is 1. The number of nitrogens with zero attached hydrogens (tertiary/aromatic N) is 1. The van der Waals surface area contributed by atoms with Crippen molar-refractivity contribution in [3.8, 4) is 17.2 Å². The minimum atomic E-state index is -1.50. The van der Waals surface area contributed by atoms with Gasteiger partial charge in [-0.1, -0.05) is 0 Å². The van der Waals surface area contributed by atoms with Crippen LogP contribution in [0.2, 0.25) is 0 Å². The number of amides is 1. The van der Waals surface area contributed by atoms with Crippen molar-refractivity contribution < 1.29 is 42.8 Å². The molecule has 38 heavy (non-hydrogen) atoms. The highest BCUT2D eigenvalue weighted by Gasteiger charge is 2.26. The van der Waals surface area contributed by atoms with Crippen LogP contribution in [0.1, 0.15) is 24.1 Å². The van der Waals surface area contributed by atoms with Crippen molar-refractivity contribution in [3.63, 3.8) is 0 Å². The Hall–Kier alpha value is -4.71. The molecule has 0 radical (unpaired) electrons. The van der Waals surface area contributed by atoms with Crippen LogP contribution in [0, 0.1) is 11.6 Å². The number of carboxylic acids is 1. The Balaban J connectivity index is 1.77. The van der Waals surface area contributed by atoms with Gasteiger partial charge in [0.05, 0.1) is 13.2 Å². The molecule has 0 heterocycles. The fraction of sp³-hybridized carbons (Fsp3) is 0.192. The predicted molar refractivity (Wildman–Crippen MR) is 134 cm³/mol. The van der Waals surface area contributed by atoms with Crippen molar-refractivity contribution in [2.45, 2.75) is 13.0 Å². The van der Waals surface area contributed by atoms with Crippen LogP contribution in [0.3, 0.4) is 0 Å². The fourth-order valence-corrected chi connectivity index (χ4v) is 3.27. The molecule has 0 aliphatic carbocycles. The van der Waals surface area contributed by atoms with E-state index in [-0.39, 0.29) is 48.5 Å². The molecule has 0 bridgehead atoms. The number of aliphatic hydroxyl groups excluding tert-OH is 1. The highest BCUT2D eigenvalue weighted by molar-refractivity contribution is 6.03. The van der Waals surface area contributed by atoms with Crippen LogP contribution in [0.5, 0.6) is 17.2 Å². The van der Waals surface area contributed by atoms with Crippen molar-refractivity contribution in [3.05, 3.63) is 83.4 Å². The molecule has 10 nitrogen and oxygen atoms in total. The summed E-state index contributed by atoms with van der Waals surface area (Å²) in [6.07, 6.45) is -1.02. The standard InChI is InChI=1S/C26H25F2N3O7/c1-2-36-21-13-19(20(28)14-22(21)37-12-11-32)23(25(33)34)30-17-7-3-15(4-8-17)24(29)31-26(35)38-18-9-5-16(27)6-10-18/h3-10,13-14,23,30,32H,2,11-12H2,1H3,(H,33,34)(H2,29,31,35). The number of benzene rings is 3. The van der Waals surface area contributed by atoms with Gasteiger partial charge in [0, 0.05) is 22.9 Å². The summed E-state index contributed by atoms with van der Waals surface area (Å²) in [6, 6.07) is 11.4. The number of halogens is 2. The summed E-state index contributed by atoms with van der Waals surface area (Å²) in [5, 5.41) is 21.5. The van der Waals surface area contributed by atoms with Crippen molar-refractivity contribution >= 4 is 23.6 Å². The van der Waals surface area contributed by atoms with E-state index in [1.807, 2.05) is 0 Å². The number of nitrogens with two attached hydrogens (primary N) is 1. The Morgan fingerprint density at radius 3 is 2.29 bits per heavy atom. The van der Waals surface area contributed by atoms with Gasteiger partial charge in [-0.2, -0.15) is 4.99 Å². The third-order valence-electron chi connectivity index (χ3n) is 4.99. The molecule has 0 fully saturated rings. The molecule has 3 rings (SSSR count). The van der Waals surface area contributed by atoms with Gasteiger partial charge < -0.3 is 35.5 Å². The Morgan fingerprint density at radius 1 is 1.03 bits per heavy atom. The molecule has 1 amide bonds. The van der Waals surface area contributed by atoms with Crippen LogP contribution in [-0.2, 0) is 4.79 Å². The number of ether oxygens (including phenoxy) is 3. The second-order valence-corrected chi connectivity index (χ2v) is 7.64. The second kappa shape index (κ2) is 13.0. The van der Waals surface area contributed by atoms with Crippen LogP contribution in [0.15, 0.2) is 65.7 Å². The maximum absolute atomic E-state index is 14.9. The lowest BCUT2D eigenvalue weighted by Crippen LogP contribution is -2.22. The van der Waals surface area contributed by atoms with Crippen molar-refractivity contribution in [2.24, 2.45) is 10.7 Å². The number of carboxylic acid groups (broad SMARTS) is 1. The SMILES string of the molecule is CCOc1cc(C(Nc2ccc(/C(N)=N/C(=O)Oc3ccc(F)cc3)cc2)C(=O)O)c(F)cc1OCCO. The molecule has 3 aromatic rings. The lowest BCUT2D eigenvalue weighted by atomic mass is 10.0. The van der Waals surface area contributed by atoms with Gasteiger partial charge in [-0.25, -0.2) is 18.4 Å². The molecule has 0 aliphatic heterocycles. The zero-order valence-corrected chi connectivity index (χ0v) is 20.2. The van der Waals surface area contributed by atoms with E-state index < -0.39 is 29.7 Å². The monoisotopic (exact) mass is 529 g/mol. The molecule has 5 N–H and O–H groups in total. The average Bonchev–Trinajstić information content (AvgIpc) is 2.89. The summed E-state index contributed by atoms with van der Waals surface area (Å²) >= 11 is 0. The summed E-state index contributed by atoms with van der Waals surface area (Å²) in [5.74, 6) is -2.64. The fourth-order valence-electron chi connectivity index (χ4n) is 3.27. The molecule has 1 unspecified atom stereocenters. The summed E-state index contributed by atoms with van der Waals surface area (Å²) in [6.45, 7) is 1.52. The van der Waals surface area contributed by atoms with E-state index in [9.17, 15) is 23.5 Å². The number of hydrogen-bond donors (Lipinski definition) is 4. The number of aliphatic hydroxyl groups is 1. The maximum Gasteiger partial charge on any atom is 0.441 e. The Morgan fingerprint density at radius 2 is 1.68 bits per heavy atom. The topological polar surface area (TPSA) is 153 Å². The number of amidine groups is 1. The Labute approximate surface area is 216 Å². The van der Waals surface area contributed by atoms with Crippen LogP contribution >= 0.6 is 0 Å². The number of aliphatic imine (C=N–C) groups is 1. The predicted octanol–water partition coefficient (Wildman–Crippen LogP) is 3.88. The molecular weight excluding hydrogens is 504 g/mol. The highest BCUT2D eigenvalue weighted by atomic mass is 19.1. The van der Waals surface area contributed by atoms with Crippen molar-refractivity contribution in [1.29, 1.82) is 0 Å². The molecular formula is C26H25F2N3O7. The third kappa shape index (κ3) is 7.40. The smallest absolute Gasteiger partial charge is 0.441 e. The van der Waals surface area contributed by atoms with E-state index in [2.05, 4.69) is 10.3 Å². The van der Waals surface area contributed by atoms with Crippen molar-refractivity contribution in [1.82, 2.24) is 0 Å². The molecule has 0 aliphatic rings. The number of carbonyl (C=O) groups excluding carboxylic acids is 1. The molecule has 200 valence electrons. The molecule has 1 atom stereocenters. The van der Waals surface area contributed by atoms with E-state index >= 15 is 0 Å². The Bertz CT molecular complexity index is 1300. The molecule has 0 saturated carbocycles. The lowest BCUT2D eigenvalue weighted by molar-refractivity contribution is -0.138. The summed E-state index contributed by atoms with van der Waals surface area (Å²) in [5.41, 5.74) is 6.29. The molecule has 3 aromatic carbocycles. The van der Waals surface area contributed by atoms with Crippen molar-refractivity contribution in [2.75, 3.05) is 25.1 Å². The zero-order valence-electron chi connectivity index (χ0n) is 20.2. The van der Waals surface area contributed by atoms with Gasteiger partial charge in [-0.05, 0) is 61.5 Å². The number of rotatable bonds is 11. The van der Waals surface area contributed by atoms with Gasteiger partial charge >= 0.3 is 12.1 Å². The van der Waals surface area contributed by atoms with Crippen LogP contribution < -0.4 is 25.3 Å². The van der Waals surface area contributed by atoms with E-state index in [0.29, 0.717) is 11.3 Å². The quantitative estimate of drug-likeness (QED) is 0.214. The zero-order chi connectivity index (χ0) is 27.7. The molecule has 12 heteroatoms. The van der Waals surface area contributed by atoms with Crippen LogP contribution in [0.25, 0.3) is 0 Å². The largest absolute Gasteiger partial charge is 0.490 e. The first-order valence-electron chi connectivity index (χ1n) is 11.3. The maximum atomic E-state index is 14.9. The first-order chi connectivity index (χ1) is 18.2. The minimum absolute atomic E-state index is 0.0309. The normalized spacial score (nSPS) is 11.9. The van der Waals surface area contributed by atoms with Gasteiger partial charge in [0.2, 0.25) is 0 Å². The minimum Gasteiger partial charge on any atom is -0.490 e. The first-order valence-corrected chi connectivity index (χ1v) is 11.3. The average molecular weight is 529 g/mol. The number of carbonyl (C=O) groups is 2. The highest BCUT2D eigenvalue weighted by Crippen LogP contribution is 2.34. The van der Waals surface area contributed by atoms with Crippen LogP contribution in [0.4, 0.5) is 19.3 Å². The van der Waals surface area contributed by atoms with Crippen LogP contribution in [-0.4, -0.2) is 47.9 Å². The Kier molecular flexibility index (Phi) is 9.54. The number of aliphatic carboxylic acids is 1. The van der Waals surface area contributed by atoms with E-state index in [1.54, 1.807) is 6.92 Å². The first kappa shape index (κ1) is 27.9. The van der Waals surface area contributed by atoms with Gasteiger partial charge in [0.1, 0.15) is 29.8 Å². The van der Waals surface area contributed by atoms with Gasteiger partial charge in [-0.3, -0.25) is 0 Å². The van der Waals surface area contributed by atoms with Gasteiger partial charge in [0.25, 0.3) is 0 Å². The summed E-state index contributed by atoms with van der Waals surface area (Å²) < 4.78 is 43.5.